The molecule has 0 amide bonds. The molecule has 0 atom stereocenters. The van der Waals surface area contributed by atoms with E-state index in [0.717, 1.165) is 6.42 Å². The predicted octanol–water partition coefficient (Wildman–Crippen LogP) is 5.85. The molecule has 3 N–H and O–H groups in total. The van der Waals surface area contributed by atoms with E-state index in [9.17, 15) is 14.4 Å². The topological polar surface area (TPSA) is 112 Å². The van der Waals surface area contributed by atoms with E-state index in [2.05, 4.69) is 25.2 Å². The van der Waals surface area contributed by atoms with Crippen LogP contribution in [0.3, 0.4) is 0 Å². The van der Waals surface area contributed by atoms with Gasteiger partial charge in [-0.15, -0.1) is 6.42 Å². The maximum atomic E-state index is 10.2. The second kappa shape index (κ2) is 17.8. The zero-order valence-corrected chi connectivity index (χ0v) is 20.1. The van der Waals surface area contributed by atoms with Gasteiger partial charge in [0.05, 0.1) is 16.7 Å². The van der Waals surface area contributed by atoms with Crippen LogP contribution >= 0.6 is 0 Å². The molecule has 34 heavy (non-hydrogen) atoms. The van der Waals surface area contributed by atoms with Gasteiger partial charge in [-0.2, -0.15) is 6.08 Å². The Labute approximate surface area is 213 Å². The summed E-state index contributed by atoms with van der Waals surface area (Å²) >= 11 is 0. The Hall–Kier alpha value is -3.74. The Bertz CT molecular complexity index is 942. The Kier molecular flexibility index (Phi) is 15.8. The van der Waals surface area contributed by atoms with Gasteiger partial charge in [0, 0.05) is 21.7 Å². The smallest absolute Gasteiger partial charge is 0.335 e. The third-order valence-corrected chi connectivity index (χ3v) is 3.93. The molecule has 6 nitrogen and oxygen atoms in total. The van der Waals surface area contributed by atoms with Crippen molar-refractivity contribution in [3.63, 3.8) is 0 Å². The number of hydrogen-bond donors (Lipinski definition) is 3. The fourth-order valence-corrected chi connectivity index (χ4v) is 2.26. The number of hydrogen-bond acceptors (Lipinski definition) is 3. The van der Waals surface area contributed by atoms with Crippen LogP contribution in [0.2, 0.25) is 0 Å². The van der Waals surface area contributed by atoms with E-state index in [1.54, 1.807) is 91.0 Å². The van der Waals surface area contributed by atoms with Crippen LogP contribution in [0.1, 0.15) is 44.4 Å². The minimum atomic E-state index is -0.879. The van der Waals surface area contributed by atoms with Crippen molar-refractivity contribution in [2.24, 2.45) is 0 Å². The van der Waals surface area contributed by atoms with Gasteiger partial charge in [0.25, 0.3) is 0 Å². The zero-order chi connectivity index (χ0) is 24.5. The summed E-state index contributed by atoms with van der Waals surface area (Å²) in [4.78, 5) is 30.6. The molecule has 0 radical (unpaired) electrons. The summed E-state index contributed by atoms with van der Waals surface area (Å²) in [5.41, 5.74) is 2.27. The number of carboxylic acid groups (broad SMARTS) is 3. The first-order valence-corrected chi connectivity index (χ1v) is 9.90. The number of carbonyl (C=O) groups is 3. The molecule has 174 valence electrons. The molecule has 0 aromatic heterocycles. The second-order valence-electron chi connectivity index (χ2n) is 6.48. The summed E-state index contributed by atoms with van der Waals surface area (Å²) in [6, 6.07) is 24.9. The molecule has 7 heteroatoms. The van der Waals surface area contributed by atoms with E-state index < -0.39 is 17.9 Å². The molecule has 0 heterocycles. The Balaban J connectivity index is 0.000000427. The number of allylic oxidation sites excluding steroid dienone is 4. The van der Waals surface area contributed by atoms with Crippen molar-refractivity contribution < 1.29 is 51.4 Å². The monoisotopic (exact) mass is 493 g/mol. The summed E-state index contributed by atoms with van der Waals surface area (Å²) in [5, 5.41) is 25.2. The molecule has 1 aliphatic carbocycles. The number of rotatable bonds is 3. The molecular formula is C27H25O6Ti-. The van der Waals surface area contributed by atoms with Gasteiger partial charge < -0.3 is 15.3 Å². The second-order valence-corrected chi connectivity index (χ2v) is 6.48. The SMILES string of the molecule is CC1=[C-]CC=C1.O=C(O)c1ccccc1.O=C(O)c1ccccc1.O=C(O)c1ccccc1.[Ti]. The van der Waals surface area contributed by atoms with Crippen LogP contribution in [-0.2, 0) is 21.7 Å². The first-order valence-electron chi connectivity index (χ1n) is 9.90. The third-order valence-electron chi connectivity index (χ3n) is 3.93. The fourth-order valence-electron chi connectivity index (χ4n) is 2.26. The summed E-state index contributed by atoms with van der Waals surface area (Å²) in [6.45, 7) is 2.06. The minimum Gasteiger partial charge on any atom is -0.478 e. The minimum absolute atomic E-state index is 0. The summed E-state index contributed by atoms with van der Waals surface area (Å²) in [6.07, 6.45) is 8.33. The van der Waals surface area contributed by atoms with E-state index in [-0.39, 0.29) is 21.7 Å². The fraction of sp³-hybridized carbons (Fsp3) is 0.0741. The number of aromatic carboxylic acids is 3. The largest absolute Gasteiger partial charge is 0.478 e. The quantitative estimate of drug-likeness (QED) is 0.312. The molecule has 0 unspecified atom stereocenters. The van der Waals surface area contributed by atoms with Crippen LogP contribution in [0.15, 0.2) is 109 Å². The predicted molar refractivity (Wildman–Crippen MR) is 126 cm³/mol. The van der Waals surface area contributed by atoms with Crippen LogP contribution < -0.4 is 0 Å². The number of carboxylic acids is 3. The van der Waals surface area contributed by atoms with E-state index in [0.29, 0.717) is 16.7 Å². The molecule has 0 aliphatic heterocycles. The van der Waals surface area contributed by atoms with Crippen LogP contribution in [0, 0.1) is 6.08 Å². The van der Waals surface area contributed by atoms with Crippen LogP contribution in [0.25, 0.3) is 0 Å². The van der Waals surface area contributed by atoms with Gasteiger partial charge in [-0.1, -0.05) is 61.5 Å². The average Bonchev–Trinajstić information content (AvgIpc) is 3.33. The standard InChI is InChI=1S/3C7H6O2.C6H7.Ti/c3*8-7(9)6-4-2-1-3-5-6;1-6-4-2-3-5-6;/h3*1-5H,(H,8,9);2,4H,3H2,1H3;/q;;;-1;. The Morgan fingerprint density at radius 3 is 1.03 bits per heavy atom. The summed E-state index contributed by atoms with van der Waals surface area (Å²) < 4.78 is 0. The van der Waals surface area contributed by atoms with E-state index in [1.807, 2.05) is 0 Å². The van der Waals surface area contributed by atoms with Crippen LogP contribution in [-0.4, -0.2) is 33.2 Å². The molecule has 0 saturated carbocycles. The molecule has 4 rings (SSSR count). The first-order chi connectivity index (χ1) is 15.8. The van der Waals surface area contributed by atoms with E-state index >= 15 is 0 Å². The van der Waals surface area contributed by atoms with Crippen molar-refractivity contribution in [2.45, 2.75) is 13.3 Å². The Morgan fingerprint density at radius 2 is 0.912 bits per heavy atom. The van der Waals surface area contributed by atoms with Crippen LogP contribution in [0.5, 0.6) is 0 Å². The van der Waals surface area contributed by atoms with E-state index in [4.69, 9.17) is 15.3 Å². The van der Waals surface area contributed by atoms with Gasteiger partial charge in [0.15, 0.2) is 0 Å². The van der Waals surface area contributed by atoms with Crippen molar-refractivity contribution in [1.82, 2.24) is 0 Å². The van der Waals surface area contributed by atoms with Crippen molar-refractivity contribution in [3.8, 4) is 0 Å². The Morgan fingerprint density at radius 1 is 0.618 bits per heavy atom. The molecular weight excluding hydrogens is 468 g/mol. The van der Waals surface area contributed by atoms with Gasteiger partial charge in [-0.25, -0.2) is 26.0 Å². The first kappa shape index (κ1) is 30.3. The van der Waals surface area contributed by atoms with Gasteiger partial charge in [0.2, 0.25) is 0 Å². The summed E-state index contributed by atoms with van der Waals surface area (Å²) in [7, 11) is 0. The molecule has 0 spiro atoms. The molecule has 3 aromatic carbocycles. The van der Waals surface area contributed by atoms with Crippen LogP contribution in [0.4, 0.5) is 0 Å². The third kappa shape index (κ3) is 13.6. The molecule has 3 aromatic rings. The maximum absolute atomic E-state index is 10.2. The van der Waals surface area contributed by atoms with Crippen molar-refractivity contribution in [1.29, 1.82) is 0 Å². The molecule has 0 fully saturated rings. The van der Waals surface area contributed by atoms with Gasteiger partial charge >= 0.3 is 17.9 Å². The maximum Gasteiger partial charge on any atom is 0.335 e. The van der Waals surface area contributed by atoms with Crippen molar-refractivity contribution in [3.05, 3.63) is 131 Å². The zero-order valence-electron chi connectivity index (χ0n) is 18.6. The summed E-state index contributed by atoms with van der Waals surface area (Å²) in [5.74, 6) is -2.64. The van der Waals surface area contributed by atoms with Crippen molar-refractivity contribution in [2.75, 3.05) is 0 Å². The van der Waals surface area contributed by atoms with Crippen molar-refractivity contribution >= 4 is 17.9 Å². The molecule has 0 saturated heterocycles. The number of benzene rings is 3. The molecule has 1 aliphatic rings. The van der Waals surface area contributed by atoms with Gasteiger partial charge in [0.1, 0.15) is 0 Å². The molecule has 0 bridgehead atoms. The normalized spacial score (nSPS) is 10.3. The van der Waals surface area contributed by atoms with E-state index in [1.165, 1.54) is 5.57 Å². The average molecular weight is 493 g/mol. The van der Waals surface area contributed by atoms with Gasteiger partial charge in [-0.3, -0.25) is 6.08 Å². The van der Waals surface area contributed by atoms with Gasteiger partial charge in [-0.05, 0) is 36.4 Å².